The minimum atomic E-state index is -3.85. The third-order valence-corrected chi connectivity index (χ3v) is 3.65. The number of carbonyl (C=O) groups is 1. The molecule has 0 aliphatic heterocycles. The average molecular weight is 275 g/mol. The highest BCUT2D eigenvalue weighted by Crippen LogP contribution is 2.14. The van der Waals surface area contributed by atoms with E-state index in [1.807, 2.05) is 0 Å². The molecule has 1 aromatic carbocycles. The molecule has 0 saturated carbocycles. The summed E-state index contributed by atoms with van der Waals surface area (Å²) in [5, 5.41) is 2.27. The second-order valence-corrected chi connectivity index (χ2v) is 5.22. The molecule has 0 atom stereocenters. The van der Waals surface area contributed by atoms with Crippen molar-refractivity contribution in [2.75, 3.05) is 13.6 Å². The lowest BCUT2D eigenvalue weighted by Gasteiger charge is -2.07. The zero-order valence-electron chi connectivity index (χ0n) is 9.73. The van der Waals surface area contributed by atoms with E-state index in [-0.39, 0.29) is 23.5 Å². The van der Waals surface area contributed by atoms with Gasteiger partial charge >= 0.3 is 0 Å². The van der Waals surface area contributed by atoms with Crippen molar-refractivity contribution >= 4 is 15.9 Å². The van der Waals surface area contributed by atoms with Crippen LogP contribution in [0.3, 0.4) is 0 Å². The van der Waals surface area contributed by atoms with Gasteiger partial charge in [0.05, 0.1) is 11.4 Å². The number of amides is 1. The van der Waals surface area contributed by atoms with E-state index in [1.165, 1.54) is 7.05 Å². The number of sulfonamides is 1. The lowest BCUT2D eigenvalue weighted by Crippen LogP contribution is -2.35. The highest BCUT2D eigenvalue weighted by molar-refractivity contribution is 7.89. The van der Waals surface area contributed by atoms with Gasteiger partial charge in [0.1, 0.15) is 5.82 Å². The topological polar surface area (TPSA) is 101 Å². The van der Waals surface area contributed by atoms with E-state index in [4.69, 9.17) is 5.73 Å². The molecule has 6 nitrogen and oxygen atoms in total. The van der Waals surface area contributed by atoms with Gasteiger partial charge in [-0.05, 0) is 18.2 Å². The number of hydrogen-bond acceptors (Lipinski definition) is 4. The number of nitrogens with one attached hydrogen (secondary N) is 2. The molecule has 0 heterocycles. The Labute approximate surface area is 104 Å². The molecule has 0 bridgehead atoms. The first-order valence-electron chi connectivity index (χ1n) is 5.09. The molecule has 0 radical (unpaired) electrons. The highest BCUT2D eigenvalue weighted by atomic mass is 32.2. The summed E-state index contributed by atoms with van der Waals surface area (Å²) in [5.41, 5.74) is 5.38. The number of likely N-dealkylation sites (N-methyl/N-ethyl adjacent to an activating group) is 1. The maximum atomic E-state index is 13.2. The Hall–Kier alpha value is -1.51. The van der Waals surface area contributed by atoms with Crippen LogP contribution in [-0.2, 0) is 21.4 Å². The van der Waals surface area contributed by atoms with Gasteiger partial charge in [-0.3, -0.25) is 4.79 Å². The van der Waals surface area contributed by atoms with Crippen molar-refractivity contribution in [3.8, 4) is 0 Å². The summed E-state index contributed by atoms with van der Waals surface area (Å²) in [6.45, 7) is -0.487. The molecule has 4 N–H and O–H groups in total. The van der Waals surface area contributed by atoms with Crippen molar-refractivity contribution in [3.63, 3.8) is 0 Å². The summed E-state index contributed by atoms with van der Waals surface area (Å²) >= 11 is 0. The Bertz CT molecular complexity index is 545. The minimum Gasteiger partial charge on any atom is -0.358 e. The van der Waals surface area contributed by atoms with Gasteiger partial charge < -0.3 is 11.1 Å². The molecule has 1 rings (SSSR count). The molecule has 0 fully saturated rings. The predicted molar refractivity (Wildman–Crippen MR) is 63.5 cm³/mol. The van der Waals surface area contributed by atoms with Crippen LogP contribution in [0, 0.1) is 5.82 Å². The van der Waals surface area contributed by atoms with Gasteiger partial charge in [-0.2, -0.15) is 0 Å². The van der Waals surface area contributed by atoms with E-state index < -0.39 is 21.7 Å². The molecule has 0 unspecified atom stereocenters. The molecule has 0 aliphatic carbocycles. The van der Waals surface area contributed by atoms with Crippen molar-refractivity contribution in [1.82, 2.24) is 10.0 Å². The molecule has 0 aliphatic rings. The Kier molecular flexibility index (Phi) is 4.76. The van der Waals surface area contributed by atoms with E-state index in [0.29, 0.717) is 0 Å². The molecule has 0 spiro atoms. The maximum Gasteiger partial charge on any atom is 0.241 e. The van der Waals surface area contributed by atoms with Crippen LogP contribution in [0.15, 0.2) is 23.1 Å². The van der Waals surface area contributed by atoms with Crippen molar-refractivity contribution in [2.24, 2.45) is 5.73 Å². The van der Waals surface area contributed by atoms with Crippen LogP contribution in [0.1, 0.15) is 5.56 Å². The van der Waals surface area contributed by atoms with Gasteiger partial charge in [-0.15, -0.1) is 0 Å². The van der Waals surface area contributed by atoms with Crippen LogP contribution in [0.2, 0.25) is 0 Å². The Morgan fingerprint density at radius 1 is 1.44 bits per heavy atom. The summed E-state index contributed by atoms with van der Waals surface area (Å²) in [4.78, 5) is 10.8. The number of carbonyl (C=O) groups excluding carboxylic acids is 1. The number of hydrogen-bond donors (Lipinski definition) is 3. The third kappa shape index (κ3) is 3.49. The number of rotatable bonds is 5. The second kappa shape index (κ2) is 5.89. The van der Waals surface area contributed by atoms with Crippen LogP contribution in [-0.4, -0.2) is 27.9 Å². The third-order valence-electron chi connectivity index (χ3n) is 2.25. The summed E-state index contributed by atoms with van der Waals surface area (Å²) in [5.74, 6) is -1.04. The fourth-order valence-electron chi connectivity index (χ4n) is 1.21. The Morgan fingerprint density at radius 2 is 2.11 bits per heavy atom. The van der Waals surface area contributed by atoms with Crippen LogP contribution in [0.4, 0.5) is 4.39 Å². The van der Waals surface area contributed by atoms with Crippen LogP contribution in [0.5, 0.6) is 0 Å². The summed E-state index contributed by atoms with van der Waals surface area (Å²) in [6, 6.07) is 3.28. The van der Waals surface area contributed by atoms with Crippen molar-refractivity contribution < 1.29 is 17.6 Å². The number of nitrogens with two attached hydrogens (primary N) is 1. The second-order valence-electron chi connectivity index (χ2n) is 3.46. The molecule has 0 aromatic heterocycles. The summed E-state index contributed by atoms with van der Waals surface area (Å²) < 4.78 is 38.8. The Morgan fingerprint density at radius 3 is 2.67 bits per heavy atom. The standard InChI is InChI=1S/C10H14FN3O3S/c1-13-10(15)6-14-18(16,17)8-2-3-9(11)7(4-8)5-12/h2-4,14H,5-6,12H2,1H3,(H,13,15). The molecule has 100 valence electrons. The number of benzene rings is 1. The lowest BCUT2D eigenvalue weighted by molar-refractivity contribution is -0.119. The fourth-order valence-corrected chi connectivity index (χ4v) is 2.24. The lowest BCUT2D eigenvalue weighted by atomic mass is 10.2. The van der Waals surface area contributed by atoms with Crippen LogP contribution < -0.4 is 15.8 Å². The van der Waals surface area contributed by atoms with Gasteiger partial charge in [-0.25, -0.2) is 17.5 Å². The SMILES string of the molecule is CNC(=O)CNS(=O)(=O)c1ccc(F)c(CN)c1. The summed E-state index contributed by atoms with van der Waals surface area (Å²) in [7, 11) is -2.46. The molecule has 18 heavy (non-hydrogen) atoms. The minimum absolute atomic E-state index is 0.0952. The van der Waals surface area contributed by atoms with E-state index in [0.717, 1.165) is 18.2 Å². The first-order chi connectivity index (χ1) is 8.40. The van der Waals surface area contributed by atoms with Gasteiger partial charge in [0.15, 0.2) is 0 Å². The first kappa shape index (κ1) is 14.6. The monoisotopic (exact) mass is 275 g/mol. The Balaban J connectivity index is 2.95. The zero-order valence-corrected chi connectivity index (χ0v) is 10.6. The van der Waals surface area contributed by atoms with Gasteiger partial charge in [0, 0.05) is 19.2 Å². The number of halogens is 1. The molecule has 0 saturated heterocycles. The van der Waals surface area contributed by atoms with Gasteiger partial charge in [-0.1, -0.05) is 0 Å². The quantitative estimate of drug-likeness (QED) is 0.662. The van der Waals surface area contributed by atoms with E-state index >= 15 is 0 Å². The van der Waals surface area contributed by atoms with E-state index in [1.54, 1.807) is 0 Å². The maximum absolute atomic E-state index is 13.2. The van der Waals surface area contributed by atoms with E-state index in [2.05, 4.69) is 10.0 Å². The largest absolute Gasteiger partial charge is 0.358 e. The molecule has 1 amide bonds. The molecular formula is C10H14FN3O3S. The van der Waals surface area contributed by atoms with E-state index in [9.17, 15) is 17.6 Å². The normalized spacial score (nSPS) is 11.3. The molecule has 1 aromatic rings. The summed E-state index contributed by atoms with van der Waals surface area (Å²) in [6.07, 6.45) is 0. The highest BCUT2D eigenvalue weighted by Gasteiger charge is 2.16. The van der Waals surface area contributed by atoms with Crippen molar-refractivity contribution in [3.05, 3.63) is 29.6 Å². The van der Waals surface area contributed by atoms with Gasteiger partial charge in [0.25, 0.3) is 0 Å². The fraction of sp³-hybridized carbons (Fsp3) is 0.300. The van der Waals surface area contributed by atoms with Crippen molar-refractivity contribution in [2.45, 2.75) is 11.4 Å². The van der Waals surface area contributed by atoms with Crippen LogP contribution >= 0.6 is 0 Å². The molecular weight excluding hydrogens is 261 g/mol. The zero-order chi connectivity index (χ0) is 13.8. The van der Waals surface area contributed by atoms with Gasteiger partial charge in [0.2, 0.25) is 15.9 Å². The van der Waals surface area contributed by atoms with Crippen LogP contribution in [0.25, 0.3) is 0 Å². The average Bonchev–Trinajstić information content (AvgIpc) is 2.36. The smallest absolute Gasteiger partial charge is 0.241 e. The van der Waals surface area contributed by atoms with Crippen molar-refractivity contribution in [1.29, 1.82) is 0 Å². The predicted octanol–water partition coefficient (Wildman–Crippen LogP) is -0.691. The first-order valence-corrected chi connectivity index (χ1v) is 6.57. The molecule has 8 heteroatoms.